The maximum absolute atomic E-state index is 13.7. The van der Waals surface area contributed by atoms with E-state index < -0.39 is 11.0 Å². The van der Waals surface area contributed by atoms with Crippen LogP contribution in [0.5, 0.6) is 0 Å². The van der Waals surface area contributed by atoms with Crippen LogP contribution in [0, 0.1) is 23.1 Å². The number of rotatable bonds is 3. The van der Waals surface area contributed by atoms with Gasteiger partial charge in [-0.1, -0.05) is 18.2 Å². The van der Waals surface area contributed by atoms with Gasteiger partial charge in [0.15, 0.2) is 0 Å². The summed E-state index contributed by atoms with van der Waals surface area (Å²) in [5.74, 6) is 0.672. The summed E-state index contributed by atoms with van der Waals surface area (Å²) in [5.41, 5.74) is -0.553. The summed E-state index contributed by atoms with van der Waals surface area (Å²) in [7, 11) is 0. The second-order valence-corrected chi connectivity index (χ2v) is 7.74. The predicted octanol–water partition coefficient (Wildman–Crippen LogP) is 2.77. The number of halogens is 1. The molecular weight excluding hydrogens is 281 g/mol. The van der Waals surface area contributed by atoms with Gasteiger partial charge in [0.1, 0.15) is 5.82 Å². The zero-order valence-corrected chi connectivity index (χ0v) is 12.6. The molecule has 0 heterocycles. The first-order chi connectivity index (χ1) is 10.5. The molecule has 0 saturated heterocycles. The Morgan fingerprint density at radius 3 is 2.55 bits per heavy atom. The van der Waals surface area contributed by atoms with Crippen LogP contribution in [0.25, 0.3) is 0 Å². The molecule has 1 aromatic carbocycles. The fourth-order valence-electron chi connectivity index (χ4n) is 5.48. The molecule has 4 aliphatic carbocycles. The van der Waals surface area contributed by atoms with Gasteiger partial charge in [0, 0.05) is 12.1 Å². The maximum atomic E-state index is 13.7. The summed E-state index contributed by atoms with van der Waals surface area (Å²) in [4.78, 5) is 12.8. The van der Waals surface area contributed by atoms with Crippen LogP contribution in [-0.2, 0) is 11.3 Å². The van der Waals surface area contributed by atoms with Crippen molar-refractivity contribution in [3.8, 4) is 0 Å². The fourth-order valence-corrected chi connectivity index (χ4v) is 5.48. The van der Waals surface area contributed by atoms with Gasteiger partial charge in [-0.25, -0.2) is 4.39 Å². The molecule has 3 nitrogen and oxygen atoms in total. The molecule has 0 aliphatic heterocycles. The van der Waals surface area contributed by atoms with Crippen LogP contribution < -0.4 is 5.32 Å². The number of aliphatic hydroxyl groups is 1. The van der Waals surface area contributed by atoms with Crippen LogP contribution in [0.2, 0.25) is 0 Å². The van der Waals surface area contributed by atoms with E-state index in [1.807, 2.05) is 0 Å². The minimum atomic E-state index is -0.639. The zero-order valence-electron chi connectivity index (χ0n) is 12.6. The minimum Gasteiger partial charge on any atom is -0.390 e. The molecule has 2 N–H and O–H groups in total. The molecule has 22 heavy (non-hydrogen) atoms. The van der Waals surface area contributed by atoms with Crippen molar-refractivity contribution in [3.63, 3.8) is 0 Å². The smallest absolute Gasteiger partial charge is 0.226 e. The molecule has 4 atom stereocenters. The molecule has 4 bridgehead atoms. The van der Waals surface area contributed by atoms with E-state index in [9.17, 15) is 14.3 Å². The van der Waals surface area contributed by atoms with E-state index in [2.05, 4.69) is 5.32 Å². The van der Waals surface area contributed by atoms with Crippen LogP contribution in [0.3, 0.4) is 0 Å². The zero-order chi connectivity index (χ0) is 15.4. The van der Waals surface area contributed by atoms with E-state index >= 15 is 0 Å². The summed E-state index contributed by atoms with van der Waals surface area (Å²) in [6.07, 6.45) is 5.21. The van der Waals surface area contributed by atoms with Crippen LogP contribution in [0.1, 0.15) is 44.1 Å². The van der Waals surface area contributed by atoms with E-state index in [-0.39, 0.29) is 18.3 Å². The third-order valence-corrected chi connectivity index (χ3v) is 5.91. The van der Waals surface area contributed by atoms with Crippen molar-refractivity contribution in [2.24, 2.45) is 17.3 Å². The Labute approximate surface area is 129 Å². The molecule has 118 valence electrons. The number of hydrogen-bond donors (Lipinski definition) is 2. The van der Waals surface area contributed by atoms with Crippen molar-refractivity contribution in [2.75, 3.05) is 0 Å². The lowest BCUT2D eigenvalue weighted by Gasteiger charge is -2.59. The Hall–Kier alpha value is -1.42. The van der Waals surface area contributed by atoms with Gasteiger partial charge in [0.05, 0.1) is 11.0 Å². The number of amides is 1. The van der Waals surface area contributed by atoms with Gasteiger partial charge in [0.25, 0.3) is 0 Å². The molecule has 0 radical (unpaired) electrons. The first-order valence-corrected chi connectivity index (χ1v) is 8.22. The molecule has 2 unspecified atom stereocenters. The van der Waals surface area contributed by atoms with Crippen molar-refractivity contribution in [2.45, 2.75) is 50.7 Å². The van der Waals surface area contributed by atoms with Crippen LogP contribution >= 0.6 is 0 Å². The van der Waals surface area contributed by atoms with Crippen LogP contribution in [-0.4, -0.2) is 16.6 Å². The monoisotopic (exact) mass is 303 g/mol. The average molecular weight is 303 g/mol. The molecule has 4 fully saturated rings. The van der Waals surface area contributed by atoms with Gasteiger partial charge in [0.2, 0.25) is 5.91 Å². The van der Waals surface area contributed by atoms with E-state index in [1.165, 1.54) is 6.07 Å². The third-order valence-electron chi connectivity index (χ3n) is 5.91. The number of carbonyl (C=O) groups is 1. The molecule has 5 rings (SSSR count). The second kappa shape index (κ2) is 4.79. The predicted molar refractivity (Wildman–Crippen MR) is 80.3 cm³/mol. The molecule has 4 heteroatoms. The van der Waals surface area contributed by atoms with Crippen molar-refractivity contribution < 1.29 is 14.3 Å². The maximum Gasteiger partial charge on any atom is 0.226 e. The van der Waals surface area contributed by atoms with Crippen LogP contribution in [0.15, 0.2) is 24.3 Å². The van der Waals surface area contributed by atoms with Crippen molar-refractivity contribution >= 4 is 5.91 Å². The van der Waals surface area contributed by atoms with E-state index in [1.54, 1.807) is 18.2 Å². The van der Waals surface area contributed by atoms with Crippen molar-refractivity contribution in [1.82, 2.24) is 5.32 Å². The molecule has 1 aromatic rings. The molecule has 4 saturated carbocycles. The number of benzene rings is 1. The lowest BCUT2D eigenvalue weighted by atomic mass is 9.47. The topological polar surface area (TPSA) is 49.3 Å². The van der Waals surface area contributed by atoms with Gasteiger partial charge in [-0.2, -0.15) is 0 Å². The SMILES string of the molecule is O=C(NCc1ccccc1F)C12C[C@@H]3C[C@@H](CC(O)(C3)C1)C2. The lowest BCUT2D eigenvalue weighted by Crippen LogP contribution is -2.60. The Balaban J connectivity index is 1.50. The standard InChI is InChI=1S/C18H22FNO2/c19-15-4-2-1-3-14(15)10-20-16(21)17-6-12-5-13(7-17)9-18(22,8-12)11-17/h1-4,12-13,22H,5-11H2,(H,20,21)/t12-,13+,17?,18?. The normalized spacial score (nSPS) is 39.0. The fraction of sp³-hybridized carbons (Fsp3) is 0.611. The minimum absolute atomic E-state index is 0.00304. The van der Waals surface area contributed by atoms with E-state index in [0.29, 0.717) is 23.8 Å². The first kappa shape index (κ1) is 14.2. The lowest BCUT2D eigenvalue weighted by molar-refractivity contribution is -0.178. The van der Waals surface area contributed by atoms with Gasteiger partial charge >= 0.3 is 0 Å². The highest BCUT2D eigenvalue weighted by molar-refractivity contribution is 5.83. The quantitative estimate of drug-likeness (QED) is 0.902. The molecular formula is C18H22FNO2. The first-order valence-electron chi connectivity index (χ1n) is 8.22. The van der Waals surface area contributed by atoms with Crippen LogP contribution in [0.4, 0.5) is 4.39 Å². The summed E-state index contributed by atoms with van der Waals surface area (Å²) in [6, 6.07) is 6.53. The van der Waals surface area contributed by atoms with Crippen molar-refractivity contribution in [1.29, 1.82) is 0 Å². The summed E-state index contributed by atoms with van der Waals surface area (Å²) >= 11 is 0. The Morgan fingerprint density at radius 1 is 1.23 bits per heavy atom. The average Bonchev–Trinajstić information content (AvgIpc) is 2.43. The molecule has 4 aliphatic rings. The second-order valence-electron chi connectivity index (χ2n) is 7.74. The summed E-state index contributed by atoms with van der Waals surface area (Å²) in [5, 5.41) is 13.6. The Bertz CT molecular complexity index is 601. The molecule has 0 aromatic heterocycles. The van der Waals surface area contributed by atoms with E-state index in [0.717, 1.165) is 32.1 Å². The Kier molecular flexibility index (Phi) is 3.09. The highest BCUT2D eigenvalue weighted by Gasteiger charge is 2.60. The van der Waals surface area contributed by atoms with Gasteiger partial charge in [-0.3, -0.25) is 4.79 Å². The summed E-state index contributed by atoms with van der Waals surface area (Å²) < 4.78 is 13.7. The number of hydrogen-bond acceptors (Lipinski definition) is 2. The molecule has 0 spiro atoms. The highest BCUT2D eigenvalue weighted by Crippen LogP contribution is 2.61. The van der Waals surface area contributed by atoms with Crippen molar-refractivity contribution in [3.05, 3.63) is 35.6 Å². The van der Waals surface area contributed by atoms with E-state index in [4.69, 9.17) is 0 Å². The number of nitrogens with one attached hydrogen (secondary N) is 1. The molecule has 1 amide bonds. The number of carbonyl (C=O) groups excluding carboxylic acids is 1. The Morgan fingerprint density at radius 2 is 1.91 bits per heavy atom. The highest BCUT2D eigenvalue weighted by atomic mass is 19.1. The van der Waals surface area contributed by atoms with Gasteiger partial charge in [-0.15, -0.1) is 0 Å². The van der Waals surface area contributed by atoms with Gasteiger partial charge in [-0.05, 0) is 56.4 Å². The summed E-state index contributed by atoms with van der Waals surface area (Å²) in [6.45, 7) is 0.223. The van der Waals surface area contributed by atoms with Gasteiger partial charge < -0.3 is 10.4 Å². The third kappa shape index (κ3) is 2.24. The largest absolute Gasteiger partial charge is 0.390 e.